The van der Waals surface area contributed by atoms with Crippen molar-refractivity contribution in [1.29, 1.82) is 0 Å². The Morgan fingerprint density at radius 1 is 0.848 bits per heavy atom. The molecule has 0 saturated heterocycles. The summed E-state index contributed by atoms with van der Waals surface area (Å²) in [5.74, 6) is 0.894. The molecule has 0 fully saturated rings. The number of amides is 2. The first kappa shape index (κ1) is 23.4. The van der Waals surface area contributed by atoms with Gasteiger partial charge in [0.2, 0.25) is 0 Å². The molecule has 0 spiro atoms. The van der Waals surface area contributed by atoms with E-state index in [0.717, 1.165) is 11.1 Å². The molecule has 0 aliphatic heterocycles. The minimum Gasteiger partial charge on any atom is -0.493 e. The summed E-state index contributed by atoms with van der Waals surface area (Å²) in [6.45, 7) is 0.379. The molecule has 33 heavy (non-hydrogen) atoms. The van der Waals surface area contributed by atoms with Crippen LogP contribution >= 0.6 is 0 Å². The first-order valence-corrected chi connectivity index (χ1v) is 10.1. The van der Waals surface area contributed by atoms with Crippen molar-refractivity contribution in [2.45, 2.75) is 13.2 Å². The van der Waals surface area contributed by atoms with E-state index in [1.54, 1.807) is 37.7 Å². The second kappa shape index (κ2) is 11.4. The van der Waals surface area contributed by atoms with Gasteiger partial charge in [-0.15, -0.1) is 0 Å². The summed E-state index contributed by atoms with van der Waals surface area (Å²) in [6.07, 6.45) is 3.41. The third kappa shape index (κ3) is 6.60. The van der Waals surface area contributed by atoms with Crippen LogP contribution in [0.2, 0.25) is 0 Å². The lowest BCUT2D eigenvalue weighted by molar-refractivity contribution is -0.119. The van der Waals surface area contributed by atoms with Crippen LogP contribution in [0.5, 0.6) is 23.0 Å². The largest absolute Gasteiger partial charge is 0.493 e. The molecule has 2 aromatic carbocycles. The number of methoxy groups -OCH3 is 2. The Morgan fingerprint density at radius 2 is 1.52 bits per heavy atom. The highest BCUT2D eigenvalue weighted by Gasteiger charge is 2.13. The van der Waals surface area contributed by atoms with Crippen molar-refractivity contribution in [2.24, 2.45) is 5.73 Å². The van der Waals surface area contributed by atoms with Gasteiger partial charge in [-0.25, -0.2) is 0 Å². The molecule has 0 aliphatic carbocycles. The molecule has 1 heterocycles. The Hall–Kier alpha value is -4.27. The summed E-state index contributed by atoms with van der Waals surface area (Å²) in [5, 5.41) is 2.85. The van der Waals surface area contributed by atoms with E-state index in [-0.39, 0.29) is 19.1 Å². The molecule has 0 saturated carbocycles. The van der Waals surface area contributed by atoms with Crippen molar-refractivity contribution in [3.63, 3.8) is 0 Å². The molecule has 9 heteroatoms. The number of benzene rings is 2. The van der Waals surface area contributed by atoms with E-state index in [2.05, 4.69) is 10.3 Å². The predicted octanol–water partition coefficient (Wildman–Crippen LogP) is 2.47. The average Bonchev–Trinajstić information content (AvgIpc) is 2.85. The van der Waals surface area contributed by atoms with Gasteiger partial charge in [-0.3, -0.25) is 14.6 Å². The molecule has 0 bridgehead atoms. The van der Waals surface area contributed by atoms with Crippen LogP contribution in [0.25, 0.3) is 0 Å². The number of hydrogen-bond acceptors (Lipinski definition) is 7. The van der Waals surface area contributed by atoms with Crippen LogP contribution in [0.3, 0.4) is 0 Å². The monoisotopic (exact) mass is 451 g/mol. The Balaban J connectivity index is 1.61. The van der Waals surface area contributed by atoms with Crippen molar-refractivity contribution in [2.75, 3.05) is 20.8 Å². The zero-order chi connectivity index (χ0) is 23.6. The fourth-order valence-electron chi connectivity index (χ4n) is 2.94. The number of carbonyl (C=O) groups is 2. The molecule has 3 aromatic rings. The van der Waals surface area contributed by atoms with Crippen LogP contribution < -0.4 is 30.0 Å². The van der Waals surface area contributed by atoms with Crippen LogP contribution in [0.15, 0.2) is 60.9 Å². The second-order valence-corrected chi connectivity index (χ2v) is 6.93. The second-order valence-electron chi connectivity index (χ2n) is 6.93. The van der Waals surface area contributed by atoms with Crippen LogP contribution in [0.4, 0.5) is 0 Å². The van der Waals surface area contributed by atoms with E-state index in [1.165, 1.54) is 13.2 Å². The van der Waals surface area contributed by atoms with Gasteiger partial charge in [0, 0.05) is 24.5 Å². The number of rotatable bonds is 11. The van der Waals surface area contributed by atoms with Crippen LogP contribution in [0, 0.1) is 0 Å². The number of aromatic nitrogens is 1. The lowest BCUT2D eigenvalue weighted by Crippen LogP contribution is -2.23. The molecule has 9 nitrogen and oxygen atoms in total. The fourth-order valence-corrected chi connectivity index (χ4v) is 2.94. The third-order valence-corrected chi connectivity index (χ3v) is 4.62. The first-order valence-electron chi connectivity index (χ1n) is 10.1. The summed E-state index contributed by atoms with van der Waals surface area (Å²) in [6, 6.07) is 13.9. The number of nitrogens with two attached hydrogens (primary N) is 1. The molecule has 0 unspecified atom stereocenters. The van der Waals surface area contributed by atoms with Gasteiger partial charge in [0.15, 0.2) is 29.6 Å². The maximum Gasteiger partial charge on any atom is 0.255 e. The quantitative estimate of drug-likeness (QED) is 0.459. The molecule has 0 atom stereocenters. The molecule has 3 rings (SSSR count). The van der Waals surface area contributed by atoms with Gasteiger partial charge in [0.1, 0.15) is 6.61 Å². The van der Waals surface area contributed by atoms with Gasteiger partial charge >= 0.3 is 0 Å². The SMILES string of the molecule is COc1cc(C(=O)NCc2ccc(OCc3ccncc3)c(OC)c2)ccc1OCC(N)=O. The van der Waals surface area contributed by atoms with Crippen molar-refractivity contribution >= 4 is 11.8 Å². The molecular weight excluding hydrogens is 426 g/mol. The molecule has 0 aliphatic rings. The zero-order valence-electron chi connectivity index (χ0n) is 18.4. The summed E-state index contributed by atoms with van der Waals surface area (Å²) < 4.78 is 21.8. The fraction of sp³-hybridized carbons (Fsp3) is 0.208. The molecule has 3 N–H and O–H groups in total. The number of primary amides is 1. The van der Waals surface area contributed by atoms with Gasteiger partial charge in [0.25, 0.3) is 11.8 Å². The lowest BCUT2D eigenvalue weighted by atomic mass is 10.1. The van der Waals surface area contributed by atoms with E-state index < -0.39 is 5.91 Å². The Morgan fingerprint density at radius 3 is 2.21 bits per heavy atom. The van der Waals surface area contributed by atoms with E-state index in [0.29, 0.717) is 35.2 Å². The average molecular weight is 451 g/mol. The smallest absolute Gasteiger partial charge is 0.255 e. The highest BCUT2D eigenvalue weighted by Crippen LogP contribution is 2.30. The van der Waals surface area contributed by atoms with Crippen molar-refractivity contribution in [1.82, 2.24) is 10.3 Å². The van der Waals surface area contributed by atoms with Crippen LogP contribution in [0.1, 0.15) is 21.5 Å². The zero-order valence-corrected chi connectivity index (χ0v) is 18.4. The number of nitrogens with one attached hydrogen (secondary N) is 1. The number of pyridine rings is 1. The number of carbonyl (C=O) groups excluding carboxylic acids is 2. The molecular formula is C24H25N3O6. The molecule has 1 aromatic heterocycles. The van der Waals surface area contributed by atoms with Crippen LogP contribution in [-0.4, -0.2) is 37.6 Å². The Kier molecular flexibility index (Phi) is 8.07. The summed E-state index contributed by atoms with van der Waals surface area (Å²) in [5.41, 5.74) is 7.30. The maximum atomic E-state index is 12.6. The van der Waals surface area contributed by atoms with E-state index in [9.17, 15) is 9.59 Å². The van der Waals surface area contributed by atoms with Gasteiger partial charge in [0.05, 0.1) is 14.2 Å². The van der Waals surface area contributed by atoms with Gasteiger partial charge in [-0.2, -0.15) is 0 Å². The number of hydrogen-bond donors (Lipinski definition) is 2. The van der Waals surface area contributed by atoms with Gasteiger partial charge in [-0.1, -0.05) is 6.07 Å². The Labute approximate surface area is 191 Å². The number of nitrogens with zero attached hydrogens (tertiary/aromatic N) is 1. The van der Waals surface area contributed by atoms with Crippen molar-refractivity contribution in [3.05, 3.63) is 77.6 Å². The standard InChI is InChI=1S/C24H25N3O6/c1-30-21-11-17(3-5-19(21)32-14-16-7-9-26-10-8-16)13-27-24(29)18-4-6-20(22(12-18)31-2)33-15-23(25)28/h3-12H,13-15H2,1-2H3,(H2,25,28)(H,27,29). The third-order valence-electron chi connectivity index (χ3n) is 4.62. The van der Waals surface area contributed by atoms with E-state index in [1.807, 2.05) is 24.3 Å². The first-order chi connectivity index (χ1) is 16.0. The normalized spacial score (nSPS) is 10.2. The summed E-state index contributed by atoms with van der Waals surface area (Å²) >= 11 is 0. The molecule has 172 valence electrons. The molecule has 2 amide bonds. The summed E-state index contributed by atoms with van der Waals surface area (Å²) in [7, 11) is 3.00. The molecule has 0 radical (unpaired) electrons. The van der Waals surface area contributed by atoms with Gasteiger partial charge < -0.3 is 30.0 Å². The van der Waals surface area contributed by atoms with Gasteiger partial charge in [-0.05, 0) is 53.6 Å². The maximum absolute atomic E-state index is 12.6. The minimum absolute atomic E-state index is 0.280. The van der Waals surface area contributed by atoms with Crippen LogP contribution in [-0.2, 0) is 17.9 Å². The minimum atomic E-state index is -0.608. The highest BCUT2D eigenvalue weighted by molar-refractivity contribution is 5.94. The predicted molar refractivity (Wildman–Crippen MR) is 120 cm³/mol. The van der Waals surface area contributed by atoms with E-state index >= 15 is 0 Å². The summed E-state index contributed by atoms with van der Waals surface area (Å²) in [4.78, 5) is 27.5. The van der Waals surface area contributed by atoms with Crippen molar-refractivity contribution in [3.8, 4) is 23.0 Å². The topological polar surface area (TPSA) is 122 Å². The number of ether oxygens (including phenoxy) is 4. The highest BCUT2D eigenvalue weighted by atomic mass is 16.5. The van der Waals surface area contributed by atoms with Crippen molar-refractivity contribution < 1.29 is 28.5 Å². The lowest BCUT2D eigenvalue weighted by Gasteiger charge is -2.13. The van der Waals surface area contributed by atoms with E-state index in [4.69, 9.17) is 24.7 Å². The Bertz CT molecular complexity index is 1100.